The van der Waals surface area contributed by atoms with Gasteiger partial charge in [0.05, 0.1) is 5.69 Å². The van der Waals surface area contributed by atoms with Crippen molar-refractivity contribution in [2.45, 2.75) is 13.2 Å². The minimum Gasteiger partial charge on any atom is -0.434 e. The predicted molar refractivity (Wildman–Crippen MR) is 71.8 cm³/mol. The minimum atomic E-state index is -2.90. The van der Waals surface area contributed by atoms with Gasteiger partial charge < -0.3 is 10.1 Å². The molecule has 2 aromatic carbocycles. The van der Waals surface area contributed by atoms with Crippen molar-refractivity contribution >= 4 is 17.3 Å². The van der Waals surface area contributed by atoms with Crippen LogP contribution in [0.3, 0.4) is 0 Å². The Morgan fingerprint density at radius 3 is 2.60 bits per heavy atom. The summed E-state index contributed by atoms with van der Waals surface area (Å²) >= 11 is 5.65. The van der Waals surface area contributed by atoms with Crippen molar-refractivity contribution in [1.29, 1.82) is 0 Å². The van der Waals surface area contributed by atoms with Gasteiger partial charge in [-0.15, -0.1) is 0 Å². The molecule has 0 atom stereocenters. The topological polar surface area (TPSA) is 21.3 Å². The number of ether oxygens (including phenoxy) is 1. The number of rotatable bonds is 5. The Kier molecular flexibility index (Phi) is 4.74. The van der Waals surface area contributed by atoms with E-state index in [0.29, 0.717) is 5.56 Å². The number of hydrogen-bond acceptors (Lipinski definition) is 2. The molecular formula is C14H11ClF3NO. The Hall–Kier alpha value is -1.88. The first-order chi connectivity index (χ1) is 9.56. The van der Waals surface area contributed by atoms with Crippen molar-refractivity contribution in [3.05, 3.63) is 58.9 Å². The summed E-state index contributed by atoms with van der Waals surface area (Å²) in [5, 5.41) is 3.10. The van der Waals surface area contributed by atoms with Crippen molar-refractivity contribution in [3.63, 3.8) is 0 Å². The fraction of sp³-hybridized carbons (Fsp3) is 0.143. The molecule has 0 aliphatic carbocycles. The van der Waals surface area contributed by atoms with Gasteiger partial charge in [-0.25, -0.2) is 4.39 Å². The molecule has 6 heteroatoms. The second-order valence-corrected chi connectivity index (χ2v) is 4.40. The predicted octanol–water partition coefficient (Wildman–Crippen LogP) is 4.69. The first kappa shape index (κ1) is 14.5. The highest BCUT2D eigenvalue weighted by molar-refractivity contribution is 6.30. The lowest BCUT2D eigenvalue weighted by Crippen LogP contribution is -2.07. The van der Waals surface area contributed by atoms with Gasteiger partial charge >= 0.3 is 6.61 Å². The molecule has 0 saturated heterocycles. The van der Waals surface area contributed by atoms with E-state index in [4.69, 9.17) is 11.6 Å². The van der Waals surface area contributed by atoms with Crippen LogP contribution in [0.25, 0.3) is 0 Å². The van der Waals surface area contributed by atoms with Crippen LogP contribution in [0, 0.1) is 5.82 Å². The number of hydrogen-bond donors (Lipinski definition) is 1. The fourth-order valence-corrected chi connectivity index (χ4v) is 1.84. The number of para-hydroxylation sites is 1. The van der Waals surface area contributed by atoms with Crippen LogP contribution < -0.4 is 10.1 Å². The van der Waals surface area contributed by atoms with Gasteiger partial charge in [0.25, 0.3) is 0 Å². The summed E-state index contributed by atoms with van der Waals surface area (Å²) in [6.07, 6.45) is 0. The minimum absolute atomic E-state index is 0.0596. The zero-order valence-corrected chi connectivity index (χ0v) is 11.0. The molecule has 0 bridgehead atoms. The first-order valence-corrected chi connectivity index (χ1v) is 6.15. The molecule has 2 nitrogen and oxygen atoms in total. The van der Waals surface area contributed by atoms with Crippen molar-refractivity contribution in [2.75, 3.05) is 5.32 Å². The van der Waals surface area contributed by atoms with Crippen molar-refractivity contribution in [1.82, 2.24) is 0 Å². The molecule has 0 unspecified atom stereocenters. The lowest BCUT2D eigenvalue weighted by Gasteiger charge is -2.12. The van der Waals surface area contributed by atoms with Gasteiger partial charge in [0.15, 0.2) is 0 Å². The maximum atomic E-state index is 13.6. The Bertz CT molecular complexity index is 592. The lowest BCUT2D eigenvalue weighted by atomic mass is 10.2. The molecule has 106 valence electrons. The SMILES string of the molecule is Fc1cc(Cl)ccc1NCc1ccccc1OC(F)F. The van der Waals surface area contributed by atoms with Crippen LogP contribution >= 0.6 is 11.6 Å². The second-order valence-electron chi connectivity index (χ2n) is 3.96. The van der Waals surface area contributed by atoms with E-state index in [-0.39, 0.29) is 23.0 Å². The van der Waals surface area contributed by atoms with E-state index in [9.17, 15) is 13.2 Å². The second kappa shape index (κ2) is 6.52. The Morgan fingerprint density at radius 2 is 1.90 bits per heavy atom. The van der Waals surface area contributed by atoms with Gasteiger partial charge in [0, 0.05) is 17.1 Å². The van der Waals surface area contributed by atoms with Crippen molar-refractivity contribution in [3.8, 4) is 5.75 Å². The van der Waals surface area contributed by atoms with E-state index in [1.165, 1.54) is 24.3 Å². The summed E-state index contributed by atoms with van der Waals surface area (Å²) in [7, 11) is 0. The molecule has 0 aromatic heterocycles. The highest BCUT2D eigenvalue weighted by atomic mass is 35.5. The van der Waals surface area contributed by atoms with Gasteiger partial charge in [0.2, 0.25) is 0 Å². The first-order valence-electron chi connectivity index (χ1n) is 5.78. The Morgan fingerprint density at radius 1 is 1.15 bits per heavy atom. The summed E-state index contributed by atoms with van der Waals surface area (Å²) in [5.74, 6) is -0.450. The maximum absolute atomic E-state index is 13.6. The third kappa shape index (κ3) is 3.81. The summed E-state index contributed by atoms with van der Waals surface area (Å²) in [4.78, 5) is 0. The number of nitrogens with one attached hydrogen (secondary N) is 1. The molecule has 0 heterocycles. The Balaban J connectivity index is 2.10. The average Bonchev–Trinajstić information content (AvgIpc) is 2.39. The molecule has 0 aliphatic heterocycles. The molecule has 0 saturated carbocycles. The normalized spacial score (nSPS) is 10.7. The van der Waals surface area contributed by atoms with E-state index in [1.807, 2.05) is 0 Å². The van der Waals surface area contributed by atoms with Crippen LogP contribution in [-0.4, -0.2) is 6.61 Å². The van der Waals surface area contributed by atoms with Crippen molar-refractivity contribution in [2.24, 2.45) is 0 Å². The van der Waals surface area contributed by atoms with Crippen LogP contribution in [-0.2, 0) is 6.54 Å². The van der Waals surface area contributed by atoms with Crippen LogP contribution in [0.2, 0.25) is 5.02 Å². The van der Waals surface area contributed by atoms with E-state index in [1.54, 1.807) is 18.2 Å². The molecule has 0 amide bonds. The number of anilines is 1. The molecule has 1 N–H and O–H groups in total. The largest absolute Gasteiger partial charge is 0.434 e. The third-order valence-electron chi connectivity index (χ3n) is 2.59. The van der Waals surface area contributed by atoms with E-state index >= 15 is 0 Å². The molecule has 0 aliphatic rings. The summed E-state index contributed by atoms with van der Waals surface area (Å²) in [6.45, 7) is -2.75. The van der Waals surface area contributed by atoms with Crippen LogP contribution in [0.1, 0.15) is 5.56 Å². The van der Waals surface area contributed by atoms with Gasteiger partial charge in [-0.3, -0.25) is 0 Å². The Labute approximate surface area is 119 Å². The maximum Gasteiger partial charge on any atom is 0.387 e. The average molecular weight is 302 g/mol. The number of benzene rings is 2. The highest BCUT2D eigenvalue weighted by Gasteiger charge is 2.09. The zero-order valence-electron chi connectivity index (χ0n) is 10.2. The molecule has 0 fully saturated rings. The number of alkyl halides is 2. The van der Waals surface area contributed by atoms with Gasteiger partial charge in [-0.2, -0.15) is 8.78 Å². The van der Waals surface area contributed by atoms with E-state index in [2.05, 4.69) is 10.1 Å². The smallest absolute Gasteiger partial charge is 0.387 e. The van der Waals surface area contributed by atoms with Gasteiger partial charge in [-0.1, -0.05) is 29.8 Å². The summed E-state index contributed by atoms with van der Waals surface area (Å²) in [6, 6.07) is 10.5. The van der Waals surface area contributed by atoms with Crippen LogP contribution in [0.4, 0.5) is 18.9 Å². The lowest BCUT2D eigenvalue weighted by molar-refractivity contribution is -0.0504. The molecule has 20 heavy (non-hydrogen) atoms. The van der Waals surface area contributed by atoms with E-state index in [0.717, 1.165) is 0 Å². The molecule has 2 aromatic rings. The van der Waals surface area contributed by atoms with Gasteiger partial charge in [0.1, 0.15) is 11.6 Å². The van der Waals surface area contributed by atoms with Crippen LogP contribution in [0.5, 0.6) is 5.75 Å². The molecule has 0 radical (unpaired) electrons. The van der Waals surface area contributed by atoms with Gasteiger partial charge in [-0.05, 0) is 24.3 Å². The summed E-state index contributed by atoms with van der Waals surface area (Å²) < 4.78 is 42.5. The van der Waals surface area contributed by atoms with E-state index < -0.39 is 12.4 Å². The van der Waals surface area contributed by atoms with Crippen LogP contribution in [0.15, 0.2) is 42.5 Å². The standard InChI is InChI=1S/C14H11ClF3NO/c15-10-5-6-12(11(16)7-10)19-8-9-3-1-2-4-13(9)20-14(17)18/h1-7,14,19H,8H2. The third-order valence-corrected chi connectivity index (χ3v) is 2.82. The fourth-order valence-electron chi connectivity index (χ4n) is 1.68. The molecular weight excluding hydrogens is 291 g/mol. The highest BCUT2D eigenvalue weighted by Crippen LogP contribution is 2.23. The van der Waals surface area contributed by atoms with Crippen molar-refractivity contribution < 1.29 is 17.9 Å². The number of halogens is 4. The quantitative estimate of drug-likeness (QED) is 0.865. The molecule has 2 rings (SSSR count). The molecule has 0 spiro atoms. The monoisotopic (exact) mass is 301 g/mol. The summed E-state index contributed by atoms with van der Waals surface area (Å²) in [5.41, 5.74) is 0.739. The zero-order chi connectivity index (χ0) is 14.5.